The van der Waals surface area contributed by atoms with Crippen LogP contribution >= 0.6 is 0 Å². The van der Waals surface area contributed by atoms with Crippen LogP contribution in [0.25, 0.3) is 0 Å². The van der Waals surface area contributed by atoms with Crippen molar-refractivity contribution in [1.29, 1.82) is 0 Å². The predicted octanol–water partition coefficient (Wildman–Crippen LogP) is 2.75. The predicted molar refractivity (Wildman–Crippen MR) is 63.5 cm³/mol. The van der Waals surface area contributed by atoms with E-state index in [4.69, 9.17) is 0 Å². The minimum Gasteiger partial charge on any atom is -0.380 e. The van der Waals surface area contributed by atoms with E-state index in [0.29, 0.717) is 0 Å². The first-order valence-electron chi connectivity index (χ1n) is 5.16. The highest BCUT2D eigenvalue weighted by Crippen LogP contribution is 2.18. The summed E-state index contributed by atoms with van der Waals surface area (Å²) in [5, 5.41) is 9.76. The first kappa shape index (κ1) is 11.8. The third kappa shape index (κ3) is 3.42. The summed E-state index contributed by atoms with van der Waals surface area (Å²) in [7, 11) is 0. The summed E-state index contributed by atoms with van der Waals surface area (Å²) in [5.74, 6) is 5.90. The summed E-state index contributed by atoms with van der Waals surface area (Å²) >= 11 is 0. The summed E-state index contributed by atoms with van der Waals surface area (Å²) in [5.41, 5.74) is 1.95. The summed E-state index contributed by atoms with van der Waals surface area (Å²) in [4.78, 5) is 0. The Morgan fingerprint density at radius 1 is 1.20 bits per heavy atom. The summed E-state index contributed by atoms with van der Waals surface area (Å²) in [6.45, 7) is 7.95. The van der Waals surface area contributed by atoms with E-state index in [2.05, 4.69) is 11.8 Å². The van der Waals surface area contributed by atoms with Crippen LogP contribution in [0.3, 0.4) is 0 Å². The van der Waals surface area contributed by atoms with Crippen molar-refractivity contribution >= 4 is 0 Å². The number of hydrogen-bond acceptors (Lipinski definition) is 1. The second-order valence-corrected chi connectivity index (χ2v) is 4.85. The lowest BCUT2D eigenvalue weighted by Crippen LogP contribution is -2.23. The monoisotopic (exact) mass is 202 g/mol. The fourth-order valence-corrected chi connectivity index (χ4v) is 1.08. The van der Waals surface area contributed by atoms with Crippen molar-refractivity contribution < 1.29 is 5.11 Å². The molecule has 0 bridgehead atoms. The number of benzene rings is 1. The highest BCUT2D eigenvalue weighted by Gasteiger charge is 2.19. The molecule has 0 saturated heterocycles. The van der Waals surface area contributed by atoms with E-state index in [-0.39, 0.29) is 5.41 Å². The maximum absolute atomic E-state index is 9.76. The average Bonchev–Trinajstić information content (AvgIpc) is 2.14. The SMILES string of the molecule is Cc1ccccc1C#CC(O)C(C)(C)C. The standard InChI is InChI=1S/C14H18O/c1-11-7-5-6-8-12(11)9-10-13(15)14(2,3)4/h5-8,13,15H,1-4H3. The van der Waals surface area contributed by atoms with Crippen molar-refractivity contribution in [3.8, 4) is 11.8 Å². The van der Waals surface area contributed by atoms with E-state index in [1.165, 1.54) is 0 Å². The normalized spacial score (nSPS) is 12.9. The molecular formula is C14H18O. The van der Waals surface area contributed by atoms with Crippen LogP contribution in [0.4, 0.5) is 0 Å². The zero-order valence-corrected chi connectivity index (χ0v) is 9.83. The van der Waals surface area contributed by atoms with E-state index in [1.807, 2.05) is 52.0 Å². The Labute approximate surface area is 92.1 Å². The molecule has 0 saturated carbocycles. The molecule has 15 heavy (non-hydrogen) atoms. The van der Waals surface area contributed by atoms with Gasteiger partial charge in [-0.05, 0) is 24.0 Å². The van der Waals surface area contributed by atoms with Crippen LogP contribution in [-0.4, -0.2) is 11.2 Å². The summed E-state index contributed by atoms with van der Waals surface area (Å²) in [6.07, 6.45) is -0.586. The van der Waals surface area contributed by atoms with Crippen LogP contribution < -0.4 is 0 Å². The molecule has 0 aliphatic heterocycles. The molecule has 0 spiro atoms. The van der Waals surface area contributed by atoms with Gasteiger partial charge < -0.3 is 5.11 Å². The minimum absolute atomic E-state index is 0.185. The molecule has 1 aromatic rings. The maximum atomic E-state index is 9.76. The summed E-state index contributed by atoms with van der Waals surface area (Å²) < 4.78 is 0. The van der Waals surface area contributed by atoms with Crippen LogP contribution in [0.15, 0.2) is 24.3 Å². The zero-order valence-electron chi connectivity index (χ0n) is 9.83. The van der Waals surface area contributed by atoms with Crippen LogP contribution in [0, 0.1) is 24.2 Å². The lowest BCUT2D eigenvalue weighted by molar-refractivity contribution is 0.114. The molecule has 0 aliphatic carbocycles. The van der Waals surface area contributed by atoms with Crippen molar-refractivity contribution in [2.45, 2.75) is 33.8 Å². The molecule has 0 amide bonds. The van der Waals surface area contributed by atoms with E-state index in [9.17, 15) is 5.11 Å². The molecule has 0 aromatic heterocycles. The zero-order chi connectivity index (χ0) is 11.5. The molecular weight excluding hydrogens is 184 g/mol. The highest BCUT2D eigenvalue weighted by molar-refractivity contribution is 5.41. The first-order valence-corrected chi connectivity index (χ1v) is 5.16. The maximum Gasteiger partial charge on any atom is 0.119 e. The van der Waals surface area contributed by atoms with Gasteiger partial charge in [-0.25, -0.2) is 0 Å². The van der Waals surface area contributed by atoms with Gasteiger partial charge in [0.15, 0.2) is 0 Å². The third-order valence-electron chi connectivity index (χ3n) is 2.31. The highest BCUT2D eigenvalue weighted by atomic mass is 16.3. The van der Waals surface area contributed by atoms with Gasteiger partial charge in [0.25, 0.3) is 0 Å². The molecule has 0 aliphatic rings. The third-order valence-corrected chi connectivity index (χ3v) is 2.31. The Kier molecular flexibility index (Phi) is 3.55. The largest absolute Gasteiger partial charge is 0.380 e. The second-order valence-electron chi connectivity index (χ2n) is 4.85. The fraction of sp³-hybridized carbons (Fsp3) is 0.429. The molecule has 1 nitrogen and oxygen atoms in total. The van der Waals surface area contributed by atoms with Gasteiger partial charge in [0.05, 0.1) is 0 Å². The average molecular weight is 202 g/mol. The van der Waals surface area contributed by atoms with Gasteiger partial charge in [0.1, 0.15) is 6.10 Å². The lowest BCUT2D eigenvalue weighted by atomic mass is 9.89. The van der Waals surface area contributed by atoms with Crippen molar-refractivity contribution in [3.05, 3.63) is 35.4 Å². The Hall–Kier alpha value is -1.26. The van der Waals surface area contributed by atoms with Gasteiger partial charge >= 0.3 is 0 Å². The molecule has 1 atom stereocenters. The molecule has 1 unspecified atom stereocenters. The number of aliphatic hydroxyl groups excluding tert-OH is 1. The van der Waals surface area contributed by atoms with Crippen molar-refractivity contribution in [3.63, 3.8) is 0 Å². The molecule has 1 N–H and O–H groups in total. The lowest BCUT2D eigenvalue weighted by Gasteiger charge is -2.20. The van der Waals surface area contributed by atoms with Gasteiger partial charge in [-0.2, -0.15) is 0 Å². The molecule has 1 aromatic carbocycles. The number of rotatable bonds is 0. The smallest absolute Gasteiger partial charge is 0.119 e. The number of aliphatic hydroxyl groups is 1. The van der Waals surface area contributed by atoms with Crippen LogP contribution in [0.1, 0.15) is 31.9 Å². The van der Waals surface area contributed by atoms with Crippen molar-refractivity contribution in [2.24, 2.45) is 5.41 Å². The van der Waals surface area contributed by atoms with Gasteiger partial charge in [0, 0.05) is 5.56 Å². The van der Waals surface area contributed by atoms with E-state index in [0.717, 1.165) is 11.1 Å². The van der Waals surface area contributed by atoms with E-state index < -0.39 is 6.10 Å². The van der Waals surface area contributed by atoms with Crippen molar-refractivity contribution in [1.82, 2.24) is 0 Å². The van der Waals surface area contributed by atoms with Crippen LogP contribution in [0.2, 0.25) is 0 Å². The Balaban J connectivity index is 2.88. The van der Waals surface area contributed by atoms with Crippen LogP contribution in [-0.2, 0) is 0 Å². The fourth-order valence-electron chi connectivity index (χ4n) is 1.08. The number of hydrogen-bond donors (Lipinski definition) is 1. The van der Waals surface area contributed by atoms with Crippen molar-refractivity contribution in [2.75, 3.05) is 0 Å². The Morgan fingerprint density at radius 2 is 1.80 bits per heavy atom. The molecule has 80 valence electrons. The molecule has 1 heteroatoms. The van der Waals surface area contributed by atoms with E-state index >= 15 is 0 Å². The molecule has 0 heterocycles. The topological polar surface area (TPSA) is 20.2 Å². The molecule has 0 fully saturated rings. The molecule has 1 rings (SSSR count). The van der Waals surface area contributed by atoms with Gasteiger partial charge in [-0.15, -0.1) is 0 Å². The van der Waals surface area contributed by atoms with Gasteiger partial charge in [-0.1, -0.05) is 50.8 Å². The Morgan fingerprint density at radius 3 is 2.33 bits per heavy atom. The molecule has 0 radical (unpaired) electrons. The number of aryl methyl sites for hydroxylation is 1. The quantitative estimate of drug-likeness (QED) is 0.641. The van der Waals surface area contributed by atoms with Crippen LogP contribution in [0.5, 0.6) is 0 Å². The summed E-state index contributed by atoms with van der Waals surface area (Å²) in [6, 6.07) is 7.94. The van der Waals surface area contributed by atoms with E-state index in [1.54, 1.807) is 0 Å². The Bertz CT molecular complexity index is 388. The van der Waals surface area contributed by atoms with Gasteiger partial charge in [0.2, 0.25) is 0 Å². The van der Waals surface area contributed by atoms with Gasteiger partial charge in [-0.3, -0.25) is 0 Å². The second kappa shape index (κ2) is 4.51. The minimum atomic E-state index is -0.586. The first-order chi connectivity index (χ1) is 6.91.